The number of amides is 1. The first kappa shape index (κ1) is 19.7. The maximum atomic E-state index is 13.7. The molecule has 0 bridgehead atoms. The molecule has 0 radical (unpaired) electrons. The number of hydrogen-bond donors (Lipinski definition) is 1. The number of nitrogens with zero attached hydrogens (tertiary/aromatic N) is 1. The largest absolute Gasteiger partial charge is 0.444 e. The van der Waals surface area contributed by atoms with Crippen LogP contribution in [0.2, 0.25) is 0 Å². The number of piperidine rings is 1. The summed E-state index contributed by atoms with van der Waals surface area (Å²) in [7, 11) is 0. The predicted octanol–water partition coefficient (Wildman–Crippen LogP) is 4.48. The van der Waals surface area contributed by atoms with Crippen molar-refractivity contribution in [3.63, 3.8) is 0 Å². The average Bonchev–Trinajstić information content (AvgIpc) is 2.53. The molecule has 1 aliphatic rings. The Morgan fingerprint density at radius 1 is 1.36 bits per heavy atom. The zero-order valence-electron chi connectivity index (χ0n) is 15.8. The van der Waals surface area contributed by atoms with Gasteiger partial charge in [-0.15, -0.1) is 0 Å². The monoisotopic (exact) mass is 350 g/mol. The van der Waals surface area contributed by atoms with Crippen molar-refractivity contribution in [2.24, 2.45) is 0 Å². The van der Waals surface area contributed by atoms with Crippen LogP contribution in [0.5, 0.6) is 0 Å². The number of carbonyl (C=O) groups excluding carboxylic acids is 1. The molecule has 1 amide bonds. The summed E-state index contributed by atoms with van der Waals surface area (Å²) in [5.41, 5.74) is 0.190. The average molecular weight is 350 g/mol. The Kier molecular flexibility index (Phi) is 6.82. The van der Waals surface area contributed by atoms with E-state index in [1.807, 2.05) is 31.7 Å². The van der Waals surface area contributed by atoms with E-state index in [-0.39, 0.29) is 24.0 Å². The molecule has 0 aliphatic carbocycles. The number of hydrogen-bond acceptors (Lipinski definition) is 3. The van der Waals surface area contributed by atoms with E-state index < -0.39 is 5.60 Å². The molecule has 1 saturated heterocycles. The van der Waals surface area contributed by atoms with Crippen LogP contribution in [0.25, 0.3) is 0 Å². The van der Waals surface area contributed by atoms with Gasteiger partial charge < -0.3 is 15.0 Å². The number of benzene rings is 1. The van der Waals surface area contributed by atoms with Gasteiger partial charge in [0, 0.05) is 30.7 Å². The van der Waals surface area contributed by atoms with Gasteiger partial charge in [-0.1, -0.05) is 18.2 Å². The molecular weight excluding hydrogens is 319 g/mol. The Labute approximate surface area is 150 Å². The third-order valence-electron chi connectivity index (χ3n) is 4.48. The van der Waals surface area contributed by atoms with Crippen molar-refractivity contribution in [3.8, 4) is 0 Å². The normalized spacial score (nSPS) is 19.6. The first-order chi connectivity index (χ1) is 11.8. The van der Waals surface area contributed by atoms with Crippen molar-refractivity contribution < 1.29 is 13.9 Å². The van der Waals surface area contributed by atoms with Crippen molar-refractivity contribution in [2.75, 3.05) is 6.54 Å². The van der Waals surface area contributed by atoms with Gasteiger partial charge in [-0.25, -0.2) is 9.18 Å². The molecule has 1 aliphatic heterocycles. The predicted molar refractivity (Wildman–Crippen MR) is 97.9 cm³/mol. The van der Waals surface area contributed by atoms with Crippen LogP contribution in [-0.4, -0.2) is 35.2 Å². The van der Waals surface area contributed by atoms with Crippen LogP contribution in [0, 0.1) is 5.82 Å². The van der Waals surface area contributed by atoms with Crippen LogP contribution in [0.4, 0.5) is 9.18 Å². The van der Waals surface area contributed by atoms with Crippen molar-refractivity contribution in [1.82, 2.24) is 10.2 Å². The van der Waals surface area contributed by atoms with E-state index in [1.165, 1.54) is 6.07 Å². The molecule has 2 unspecified atom stereocenters. The molecule has 0 saturated carbocycles. The summed E-state index contributed by atoms with van der Waals surface area (Å²) in [6.07, 6.45) is 3.76. The highest BCUT2D eigenvalue weighted by Gasteiger charge is 2.31. The standard InChI is InChI=1S/C20H31FN2O2/c1-15(22-14-16-9-5-6-11-18(16)21)13-17-10-7-8-12-23(17)19(24)25-20(2,3)4/h5-6,9,11,15,17,22H,7-8,10,12-14H2,1-4H3. The van der Waals surface area contributed by atoms with E-state index in [1.54, 1.807) is 12.1 Å². The zero-order valence-corrected chi connectivity index (χ0v) is 15.8. The number of nitrogens with one attached hydrogen (secondary N) is 1. The topological polar surface area (TPSA) is 41.6 Å². The fraction of sp³-hybridized carbons (Fsp3) is 0.650. The van der Waals surface area contributed by atoms with Gasteiger partial charge in [-0.2, -0.15) is 0 Å². The van der Waals surface area contributed by atoms with Gasteiger partial charge in [0.1, 0.15) is 11.4 Å². The molecule has 2 atom stereocenters. The first-order valence-electron chi connectivity index (χ1n) is 9.22. The highest BCUT2D eigenvalue weighted by molar-refractivity contribution is 5.68. The van der Waals surface area contributed by atoms with Gasteiger partial charge in [0.2, 0.25) is 0 Å². The lowest BCUT2D eigenvalue weighted by atomic mass is 9.96. The number of likely N-dealkylation sites (tertiary alicyclic amines) is 1. The van der Waals surface area contributed by atoms with Crippen LogP contribution in [-0.2, 0) is 11.3 Å². The summed E-state index contributed by atoms with van der Waals surface area (Å²) in [6, 6.07) is 7.17. The molecule has 1 heterocycles. The Hall–Kier alpha value is -1.62. The van der Waals surface area contributed by atoms with Crippen LogP contribution in [0.1, 0.15) is 58.9 Å². The van der Waals surface area contributed by atoms with Gasteiger partial charge in [-0.3, -0.25) is 0 Å². The molecule has 4 nitrogen and oxygen atoms in total. The summed E-state index contributed by atoms with van der Waals surface area (Å²) in [4.78, 5) is 14.3. The minimum Gasteiger partial charge on any atom is -0.444 e. The number of carbonyl (C=O) groups is 1. The Balaban J connectivity index is 1.89. The van der Waals surface area contributed by atoms with Crippen molar-refractivity contribution in [2.45, 2.75) is 77.6 Å². The minimum absolute atomic E-state index is 0.173. The molecule has 1 fully saturated rings. The molecule has 5 heteroatoms. The van der Waals surface area contributed by atoms with Crippen LogP contribution in [0.15, 0.2) is 24.3 Å². The lowest BCUT2D eigenvalue weighted by Crippen LogP contribution is -2.48. The SMILES string of the molecule is CC(CC1CCCCN1C(=O)OC(C)(C)C)NCc1ccccc1F. The van der Waals surface area contributed by atoms with Crippen molar-refractivity contribution in [3.05, 3.63) is 35.6 Å². The van der Waals surface area contributed by atoms with Gasteiger partial charge in [0.05, 0.1) is 0 Å². The van der Waals surface area contributed by atoms with Crippen LogP contribution >= 0.6 is 0 Å². The van der Waals surface area contributed by atoms with Gasteiger partial charge >= 0.3 is 6.09 Å². The minimum atomic E-state index is -0.478. The number of ether oxygens (including phenoxy) is 1. The first-order valence-corrected chi connectivity index (χ1v) is 9.22. The second-order valence-electron chi connectivity index (χ2n) is 7.93. The summed E-state index contributed by atoms with van der Waals surface area (Å²) in [5, 5.41) is 3.38. The molecule has 140 valence electrons. The Morgan fingerprint density at radius 2 is 2.08 bits per heavy atom. The third-order valence-corrected chi connectivity index (χ3v) is 4.48. The van der Waals surface area contributed by atoms with Gasteiger partial charge in [0.25, 0.3) is 0 Å². The van der Waals surface area contributed by atoms with Crippen LogP contribution < -0.4 is 5.32 Å². The quantitative estimate of drug-likeness (QED) is 0.851. The fourth-order valence-electron chi connectivity index (χ4n) is 3.22. The molecule has 0 spiro atoms. The van der Waals surface area contributed by atoms with E-state index in [4.69, 9.17) is 4.74 Å². The second kappa shape index (κ2) is 8.65. The fourth-order valence-corrected chi connectivity index (χ4v) is 3.22. The summed E-state index contributed by atoms with van der Waals surface area (Å²) < 4.78 is 19.3. The summed E-state index contributed by atoms with van der Waals surface area (Å²) >= 11 is 0. The molecular formula is C20H31FN2O2. The van der Waals surface area contributed by atoms with Gasteiger partial charge in [-0.05, 0) is 59.4 Å². The smallest absolute Gasteiger partial charge is 0.410 e. The Bertz CT molecular complexity index is 571. The van der Waals surface area contributed by atoms with Gasteiger partial charge in [0.15, 0.2) is 0 Å². The van der Waals surface area contributed by atoms with E-state index in [0.717, 1.165) is 32.2 Å². The Morgan fingerprint density at radius 3 is 2.76 bits per heavy atom. The molecule has 25 heavy (non-hydrogen) atoms. The zero-order chi connectivity index (χ0) is 18.4. The lowest BCUT2D eigenvalue weighted by Gasteiger charge is -2.38. The summed E-state index contributed by atoms with van der Waals surface area (Å²) in [6.45, 7) is 9.00. The maximum Gasteiger partial charge on any atom is 0.410 e. The molecule has 1 N–H and O–H groups in total. The second-order valence-corrected chi connectivity index (χ2v) is 7.93. The summed E-state index contributed by atoms with van der Waals surface area (Å²) in [5.74, 6) is -0.185. The molecule has 0 aromatic heterocycles. The van der Waals surface area contributed by atoms with E-state index >= 15 is 0 Å². The number of rotatable bonds is 5. The molecule has 2 rings (SSSR count). The number of halogens is 1. The third kappa shape index (κ3) is 6.31. The van der Waals surface area contributed by atoms with E-state index in [0.29, 0.717) is 12.1 Å². The highest BCUT2D eigenvalue weighted by Crippen LogP contribution is 2.23. The lowest BCUT2D eigenvalue weighted by molar-refractivity contribution is 0.00789. The highest BCUT2D eigenvalue weighted by atomic mass is 19.1. The van der Waals surface area contributed by atoms with Crippen molar-refractivity contribution in [1.29, 1.82) is 0 Å². The van der Waals surface area contributed by atoms with Crippen LogP contribution in [0.3, 0.4) is 0 Å². The maximum absolute atomic E-state index is 13.7. The van der Waals surface area contributed by atoms with Crippen molar-refractivity contribution >= 4 is 6.09 Å². The molecule has 1 aromatic rings. The molecule has 1 aromatic carbocycles. The van der Waals surface area contributed by atoms with E-state index in [2.05, 4.69) is 12.2 Å². The van der Waals surface area contributed by atoms with E-state index in [9.17, 15) is 9.18 Å².